The molecule has 0 bridgehead atoms. The topological polar surface area (TPSA) is 74.2 Å². The number of hydrogen-bond acceptors (Lipinski definition) is 6. The lowest BCUT2D eigenvalue weighted by atomic mass is 9.86. The van der Waals surface area contributed by atoms with Gasteiger partial charge in [-0.3, -0.25) is 0 Å². The summed E-state index contributed by atoms with van der Waals surface area (Å²) in [6.45, 7) is 0.752. The molecule has 0 radical (unpaired) electrons. The Morgan fingerprint density at radius 2 is 1.62 bits per heavy atom. The van der Waals surface area contributed by atoms with Crippen molar-refractivity contribution in [3.8, 4) is 11.1 Å². The van der Waals surface area contributed by atoms with E-state index in [0.29, 0.717) is 18.4 Å². The van der Waals surface area contributed by atoms with Crippen LogP contribution in [0.15, 0.2) is 84.9 Å². The lowest BCUT2D eigenvalue weighted by molar-refractivity contribution is -0.191. The number of hydrogen-bond donors (Lipinski definition) is 1. The first-order valence-corrected chi connectivity index (χ1v) is 15.6. The molecule has 7 atom stereocenters. The van der Waals surface area contributed by atoms with Gasteiger partial charge in [0.15, 0.2) is 12.6 Å². The Bertz CT molecular complexity index is 1260. The first-order chi connectivity index (χ1) is 20.6. The Balaban J connectivity index is 1.11. The van der Waals surface area contributed by atoms with Gasteiger partial charge in [-0.05, 0) is 79.7 Å². The number of benzene rings is 3. The van der Waals surface area contributed by atoms with Gasteiger partial charge in [0.2, 0.25) is 0 Å². The van der Waals surface area contributed by atoms with Crippen molar-refractivity contribution in [1.82, 2.24) is 0 Å². The minimum atomic E-state index is -0.745. The van der Waals surface area contributed by atoms with Gasteiger partial charge in [0.05, 0.1) is 17.8 Å². The molecular formula is C36H42O6. The second-order valence-electron chi connectivity index (χ2n) is 12.0. The Morgan fingerprint density at radius 1 is 0.881 bits per heavy atom. The fraction of sp³-hybridized carbons (Fsp3) is 0.472. The van der Waals surface area contributed by atoms with E-state index in [2.05, 4.69) is 36.4 Å². The molecule has 3 aromatic rings. The molecule has 0 spiro atoms. The molecule has 42 heavy (non-hydrogen) atoms. The third-order valence-corrected chi connectivity index (χ3v) is 9.16. The molecule has 2 unspecified atom stereocenters. The standard InChI is InChI=1S/C36H42O6/c37-34-23-31-30(21-20-29(40-35-13-7-8-22-39-35)19-14-25-9-3-1-4-10-25)32(24-33(31)41-34)42-36(38)28-17-15-27(16-18-28)26-11-5-2-6-12-26/h1-6,9-12,15-18,29-35,37H,7-8,13-14,19-24H2/t29-,30+,31+,32+,33-,34?,35?/m0/s1. The highest BCUT2D eigenvalue weighted by molar-refractivity contribution is 5.90. The normalized spacial score (nSPS) is 27.8. The average molecular weight is 571 g/mol. The van der Waals surface area contributed by atoms with Gasteiger partial charge < -0.3 is 24.1 Å². The summed E-state index contributed by atoms with van der Waals surface area (Å²) < 4.78 is 24.5. The van der Waals surface area contributed by atoms with Crippen LogP contribution in [0.1, 0.15) is 67.3 Å². The van der Waals surface area contributed by atoms with Gasteiger partial charge in [-0.25, -0.2) is 4.79 Å². The van der Waals surface area contributed by atoms with Crippen LogP contribution in [0.5, 0.6) is 0 Å². The van der Waals surface area contributed by atoms with E-state index in [4.69, 9.17) is 18.9 Å². The van der Waals surface area contributed by atoms with Crippen LogP contribution in [0.25, 0.3) is 11.1 Å². The van der Waals surface area contributed by atoms with E-state index >= 15 is 0 Å². The van der Waals surface area contributed by atoms with Crippen molar-refractivity contribution in [3.05, 3.63) is 96.1 Å². The summed E-state index contributed by atoms with van der Waals surface area (Å²) in [5, 5.41) is 10.3. The number of ether oxygens (including phenoxy) is 4. The Kier molecular flexibility index (Phi) is 9.66. The van der Waals surface area contributed by atoms with Crippen LogP contribution < -0.4 is 0 Å². The molecule has 3 fully saturated rings. The van der Waals surface area contributed by atoms with Gasteiger partial charge in [0.25, 0.3) is 0 Å². The lowest BCUT2D eigenvalue weighted by Crippen LogP contribution is -2.31. The van der Waals surface area contributed by atoms with Crippen LogP contribution in [-0.2, 0) is 25.4 Å². The molecular weight excluding hydrogens is 528 g/mol. The van der Waals surface area contributed by atoms with Gasteiger partial charge in [-0.1, -0.05) is 72.8 Å². The van der Waals surface area contributed by atoms with Crippen LogP contribution in [0, 0.1) is 11.8 Å². The number of aliphatic hydroxyl groups excluding tert-OH is 1. The number of esters is 1. The first kappa shape index (κ1) is 29.1. The maximum Gasteiger partial charge on any atom is 0.338 e. The van der Waals surface area contributed by atoms with Crippen molar-refractivity contribution in [2.45, 2.75) is 88.7 Å². The summed E-state index contributed by atoms with van der Waals surface area (Å²) in [6.07, 6.45) is 6.67. The summed E-state index contributed by atoms with van der Waals surface area (Å²) in [7, 11) is 0. The minimum Gasteiger partial charge on any atom is -0.458 e. The smallest absolute Gasteiger partial charge is 0.338 e. The predicted octanol–water partition coefficient (Wildman–Crippen LogP) is 6.95. The van der Waals surface area contributed by atoms with Crippen molar-refractivity contribution < 1.29 is 28.8 Å². The minimum absolute atomic E-state index is 0.0430. The number of aryl methyl sites for hydroxylation is 1. The molecule has 222 valence electrons. The van der Waals surface area contributed by atoms with Gasteiger partial charge in [-0.15, -0.1) is 0 Å². The molecule has 0 amide bonds. The van der Waals surface area contributed by atoms with Crippen LogP contribution in [0.3, 0.4) is 0 Å². The second-order valence-corrected chi connectivity index (χ2v) is 12.0. The maximum absolute atomic E-state index is 13.3. The molecule has 2 aliphatic heterocycles. The highest BCUT2D eigenvalue weighted by Crippen LogP contribution is 2.46. The third kappa shape index (κ3) is 7.30. The molecule has 2 heterocycles. The van der Waals surface area contributed by atoms with Crippen molar-refractivity contribution in [1.29, 1.82) is 0 Å². The Morgan fingerprint density at radius 3 is 2.36 bits per heavy atom. The van der Waals surface area contributed by atoms with Crippen molar-refractivity contribution in [2.75, 3.05) is 6.61 Å². The summed E-state index contributed by atoms with van der Waals surface area (Å²) in [4.78, 5) is 13.3. The van der Waals surface area contributed by atoms with Crippen LogP contribution >= 0.6 is 0 Å². The van der Waals surface area contributed by atoms with Gasteiger partial charge >= 0.3 is 5.97 Å². The zero-order chi connectivity index (χ0) is 28.7. The highest BCUT2D eigenvalue weighted by Gasteiger charge is 2.50. The van der Waals surface area contributed by atoms with E-state index in [1.807, 2.05) is 48.5 Å². The first-order valence-electron chi connectivity index (χ1n) is 15.6. The SMILES string of the molecule is O=C(O[C@@H]1C[C@@H]2OC(O)C[C@@H]2[C@H]1CC[C@H](CCc1ccccc1)OC1CCCCO1)c1ccc(-c2ccccc2)cc1. The fourth-order valence-corrected chi connectivity index (χ4v) is 6.94. The van der Waals surface area contributed by atoms with Crippen molar-refractivity contribution in [2.24, 2.45) is 11.8 Å². The van der Waals surface area contributed by atoms with E-state index in [0.717, 1.165) is 62.7 Å². The van der Waals surface area contributed by atoms with E-state index in [9.17, 15) is 9.90 Å². The molecule has 3 aliphatic rings. The predicted molar refractivity (Wildman–Crippen MR) is 161 cm³/mol. The van der Waals surface area contributed by atoms with E-state index in [1.54, 1.807) is 0 Å². The molecule has 1 saturated carbocycles. The third-order valence-electron chi connectivity index (χ3n) is 9.16. The molecule has 6 heteroatoms. The average Bonchev–Trinajstić information content (AvgIpc) is 3.55. The number of carbonyl (C=O) groups excluding carboxylic acids is 1. The number of rotatable bonds is 11. The zero-order valence-electron chi connectivity index (χ0n) is 24.2. The summed E-state index contributed by atoms with van der Waals surface area (Å²) in [6, 6.07) is 28.3. The molecule has 2 saturated heterocycles. The summed E-state index contributed by atoms with van der Waals surface area (Å²) >= 11 is 0. The van der Waals surface area contributed by atoms with Crippen LogP contribution in [0.2, 0.25) is 0 Å². The van der Waals surface area contributed by atoms with Crippen LogP contribution in [0.4, 0.5) is 0 Å². The number of carbonyl (C=O) groups is 1. The molecule has 6 nitrogen and oxygen atoms in total. The molecule has 1 N–H and O–H groups in total. The maximum atomic E-state index is 13.3. The molecule has 0 aromatic heterocycles. The highest BCUT2D eigenvalue weighted by atomic mass is 16.7. The quantitative estimate of drug-likeness (QED) is 0.252. The van der Waals surface area contributed by atoms with E-state index in [-0.39, 0.29) is 42.4 Å². The molecule has 1 aliphatic carbocycles. The van der Waals surface area contributed by atoms with Gasteiger partial charge in [-0.2, -0.15) is 0 Å². The molecule has 3 aromatic carbocycles. The number of fused-ring (bicyclic) bond motifs is 1. The van der Waals surface area contributed by atoms with Crippen LogP contribution in [-0.4, -0.2) is 48.6 Å². The van der Waals surface area contributed by atoms with Crippen molar-refractivity contribution >= 4 is 5.97 Å². The largest absolute Gasteiger partial charge is 0.458 e. The summed E-state index contributed by atoms with van der Waals surface area (Å²) in [5.74, 6) is -0.0358. The van der Waals surface area contributed by atoms with Crippen molar-refractivity contribution in [3.63, 3.8) is 0 Å². The molecule has 6 rings (SSSR count). The Labute approximate surface area is 249 Å². The lowest BCUT2D eigenvalue weighted by Gasteiger charge is -2.30. The van der Waals surface area contributed by atoms with Gasteiger partial charge in [0, 0.05) is 25.4 Å². The number of aliphatic hydroxyl groups is 1. The fourth-order valence-electron chi connectivity index (χ4n) is 6.94. The monoisotopic (exact) mass is 570 g/mol. The van der Waals surface area contributed by atoms with Gasteiger partial charge in [0.1, 0.15) is 6.10 Å². The zero-order valence-corrected chi connectivity index (χ0v) is 24.2. The Hall–Kier alpha value is -3.03. The van der Waals surface area contributed by atoms with E-state index in [1.165, 1.54) is 5.56 Å². The van der Waals surface area contributed by atoms with E-state index < -0.39 is 6.29 Å². The summed E-state index contributed by atoms with van der Waals surface area (Å²) in [5.41, 5.74) is 4.02. The second kappa shape index (κ2) is 14.0.